The first kappa shape index (κ1) is 18.6. The van der Waals surface area contributed by atoms with Crippen LogP contribution in [0, 0.1) is 0 Å². The van der Waals surface area contributed by atoms with Crippen molar-refractivity contribution in [2.75, 3.05) is 13.7 Å². The molecule has 0 radical (unpaired) electrons. The van der Waals surface area contributed by atoms with Gasteiger partial charge in [-0.05, 0) is 49.7 Å². The maximum Gasteiger partial charge on any atom is 0.244 e. The number of ether oxygens (including phenoxy) is 2. The van der Waals surface area contributed by atoms with E-state index in [4.69, 9.17) is 21.1 Å². The largest absolute Gasteiger partial charge is 0.497 e. The van der Waals surface area contributed by atoms with Gasteiger partial charge < -0.3 is 9.47 Å². The van der Waals surface area contributed by atoms with E-state index in [1.165, 1.54) is 6.07 Å². The van der Waals surface area contributed by atoms with E-state index in [9.17, 15) is 8.42 Å². The molecular weight excluding hydrogens is 350 g/mol. The first-order chi connectivity index (χ1) is 11.4. The minimum atomic E-state index is -3.79. The van der Waals surface area contributed by atoms with Gasteiger partial charge >= 0.3 is 0 Å². The van der Waals surface area contributed by atoms with Crippen LogP contribution >= 0.6 is 11.6 Å². The molecular formula is C17H20ClNO4S. The van der Waals surface area contributed by atoms with Crippen molar-refractivity contribution in [1.29, 1.82) is 0 Å². The van der Waals surface area contributed by atoms with Crippen LogP contribution < -0.4 is 14.2 Å². The smallest absolute Gasteiger partial charge is 0.244 e. The molecule has 130 valence electrons. The summed E-state index contributed by atoms with van der Waals surface area (Å²) in [5, 5.41) is 0.330. The topological polar surface area (TPSA) is 64.6 Å². The maximum absolute atomic E-state index is 12.7. The summed E-state index contributed by atoms with van der Waals surface area (Å²) in [6.07, 6.45) is 0. The van der Waals surface area contributed by atoms with Crippen molar-refractivity contribution in [1.82, 2.24) is 4.72 Å². The Morgan fingerprint density at radius 2 is 1.83 bits per heavy atom. The number of rotatable bonds is 7. The summed E-state index contributed by atoms with van der Waals surface area (Å²) in [5.74, 6) is 0.985. The van der Waals surface area contributed by atoms with E-state index in [-0.39, 0.29) is 10.6 Å². The molecule has 2 aromatic carbocycles. The molecule has 2 rings (SSSR count). The molecule has 0 saturated heterocycles. The Kier molecular flexibility index (Phi) is 6.10. The van der Waals surface area contributed by atoms with E-state index in [2.05, 4.69) is 4.72 Å². The Balaban J connectivity index is 2.28. The highest BCUT2D eigenvalue weighted by Gasteiger charge is 2.23. The molecule has 0 amide bonds. The number of sulfonamides is 1. The second-order valence-electron chi connectivity index (χ2n) is 5.14. The minimum Gasteiger partial charge on any atom is -0.497 e. The summed E-state index contributed by atoms with van der Waals surface area (Å²) in [6, 6.07) is 11.3. The van der Waals surface area contributed by atoms with Crippen LogP contribution in [0.1, 0.15) is 25.5 Å². The zero-order valence-corrected chi connectivity index (χ0v) is 15.3. The van der Waals surface area contributed by atoms with Gasteiger partial charge in [-0.25, -0.2) is 13.1 Å². The molecule has 0 aliphatic heterocycles. The van der Waals surface area contributed by atoms with E-state index in [1.807, 2.05) is 12.1 Å². The fourth-order valence-electron chi connectivity index (χ4n) is 2.22. The zero-order valence-electron chi connectivity index (χ0n) is 13.7. The number of hydrogen-bond donors (Lipinski definition) is 1. The van der Waals surface area contributed by atoms with Gasteiger partial charge in [0, 0.05) is 11.1 Å². The van der Waals surface area contributed by atoms with Crippen molar-refractivity contribution < 1.29 is 17.9 Å². The quantitative estimate of drug-likeness (QED) is 0.806. The van der Waals surface area contributed by atoms with E-state index >= 15 is 0 Å². The van der Waals surface area contributed by atoms with Gasteiger partial charge in [0.15, 0.2) is 0 Å². The van der Waals surface area contributed by atoms with Gasteiger partial charge in [-0.1, -0.05) is 23.7 Å². The van der Waals surface area contributed by atoms with Gasteiger partial charge in [0.25, 0.3) is 0 Å². The van der Waals surface area contributed by atoms with Crippen molar-refractivity contribution in [3.63, 3.8) is 0 Å². The second kappa shape index (κ2) is 7.88. The second-order valence-corrected chi connectivity index (χ2v) is 7.26. The van der Waals surface area contributed by atoms with Crippen LogP contribution in [-0.2, 0) is 10.0 Å². The summed E-state index contributed by atoms with van der Waals surface area (Å²) in [5.41, 5.74) is 0.819. The summed E-state index contributed by atoms with van der Waals surface area (Å²) < 4.78 is 38.6. The van der Waals surface area contributed by atoms with Gasteiger partial charge in [0.05, 0.1) is 13.7 Å². The predicted octanol–water partition coefficient (Wildman–Crippen LogP) is 3.79. The molecule has 0 spiro atoms. The SMILES string of the molecule is CCOc1ccc(Cl)cc1S(=O)(=O)NC(C)c1ccc(OC)cc1. The number of methoxy groups -OCH3 is 1. The lowest BCUT2D eigenvalue weighted by atomic mass is 10.1. The monoisotopic (exact) mass is 369 g/mol. The molecule has 5 nitrogen and oxygen atoms in total. The zero-order chi connectivity index (χ0) is 17.7. The van der Waals surface area contributed by atoms with E-state index in [0.29, 0.717) is 17.4 Å². The first-order valence-corrected chi connectivity index (χ1v) is 9.32. The van der Waals surface area contributed by atoms with Crippen LogP contribution in [0.5, 0.6) is 11.5 Å². The third kappa shape index (κ3) is 4.41. The van der Waals surface area contributed by atoms with E-state index < -0.39 is 16.1 Å². The van der Waals surface area contributed by atoms with Crippen molar-refractivity contribution in [3.05, 3.63) is 53.1 Å². The van der Waals surface area contributed by atoms with Crippen LogP contribution in [0.25, 0.3) is 0 Å². The highest BCUT2D eigenvalue weighted by molar-refractivity contribution is 7.89. The van der Waals surface area contributed by atoms with Crippen LogP contribution in [-0.4, -0.2) is 22.1 Å². The fraction of sp³-hybridized carbons (Fsp3) is 0.294. The average Bonchev–Trinajstić information content (AvgIpc) is 2.56. The Bertz CT molecular complexity index is 791. The summed E-state index contributed by atoms with van der Waals surface area (Å²) in [6.45, 7) is 3.92. The van der Waals surface area contributed by atoms with Gasteiger partial charge in [0.2, 0.25) is 10.0 Å². The standard InChI is InChI=1S/C17H20ClNO4S/c1-4-23-16-10-7-14(18)11-17(16)24(20,21)19-12(2)13-5-8-15(22-3)9-6-13/h5-12,19H,4H2,1-3H3. The number of nitrogens with one attached hydrogen (secondary N) is 1. The van der Waals surface area contributed by atoms with Crippen molar-refractivity contribution >= 4 is 21.6 Å². The molecule has 24 heavy (non-hydrogen) atoms. The number of benzene rings is 2. The Labute approximate surface area is 147 Å². The Morgan fingerprint density at radius 1 is 1.17 bits per heavy atom. The third-order valence-electron chi connectivity index (χ3n) is 3.44. The molecule has 0 aliphatic carbocycles. The minimum absolute atomic E-state index is 0.0252. The van der Waals surface area contributed by atoms with Crippen molar-refractivity contribution in [2.24, 2.45) is 0 Å². The average molecular weight is 370 g/mol. The van der Waals surface area contributed by atoms with Gasteiger partial charge in [-0.2, -0.15) is 0 Å². The van der Waals surface area contributed by atoms with Crippen LogP contribution in [0.4, 0.5) is 0 Å². The molecule has 1 N–H and O–H groups in total. The third-order valence-corrected chi connectivity index (χ3v) is 5.24. The lowest BCUT2D eigenvalue weighted by Crippen LogP contribution is -2.27. The van der Waals surface area contributed by atoms with Gasteiger partial charge in [-0.15, -0.1) is 0 Å². The normalized spacial score (nSPS) is 12.7. The fourth-order valence-corrected chi connectivity index (χ4v) is 3.86. The predicted molar refractivity (Wildman–Crippen MR) is 94.4 cm³/mol. The van der Waals surface area contributed by atoms with Gasteiger partial charge in [0.1, 0.15) is 16.4 Å². The van der Waals surface area contributed by atoms with Crippen LogP contribution in [0.3, 0.4) is 0 Å². The molecule has 0 aromatic heterocycles. The molecule has 0 aliphatic rings. The van der Waals surface area contributed by atoms with Crippen LogP contribution in [0.15, 0.2) is 47.4 Å². The molecule has 2 aromatic rings. The van der Waals surface area contributed by atoms with E-state index in [1.54, 1.807) is 45.2 Å². The first-order valence-electron chi connectivity index (χ1n) is 7.46. The van der Waals surface area contributed by atoms with Crippen molar-refractivity contribution in [2.45, 2.75) is 24.8 Å². The van der Waals surface area contributed by atoms with Crippen LogP contribution in [0.2, 0.25) is 5.02 Å². The Hall–Kier alpha value is -1.76. The maximum atomic E-state index is 12.7. The molecule has 0 heterocycles. The molecule has 0 bridgehead atoms. The lowest BCUT2D eigenvalue weighted by Gasteiger charge is -2.17. The van der Waals surface area contributed by atoms with Crippen molar-refractivity contribution in [3.8, 4) is 11.5 Å². The van der Waals surface area contributed by atoms with E-state index in [0.717, 1.165) is 5.56 Å². The molecule has 7 heteroatoms. The number of halogens is 1. The Morgan fingerprint density at radius 3 is 2.42 bits per heavy atom. The summed E-state index contributed by atoms with van der Waals surface area (Å²) in [4.78, 5) is 0.0252. The molecule has 0 saturated carbocycles. The molecule has 0 fully saturated rings. The summed E-state index contributed by atoms with van der Waals surface area (Å²) >= 11 is 5.95. The number of hydrogen-bond acceptors (Lipinski definition) is 4. The summed E-state index contributed by atoms with van der Waals surface area (Å²) in [7, 11) is -2.21. The van der Waals surface area contributed by atoms with Gasteiger partial charge in [-0.3, -0.25) is 0 Å². The highest BCUT2D eigenvalue weighted by Crippen LogP contribution is 2.29. The molecule has 1 atom stereocenters. The highest BCUT2D eigenvalue weighted by atomic mass is 35.5. The lowest BCUT2D eigenvalue weighted by molar-refractivity contribution is 0.331. The molecule has 1 unspecified atom stereocenters.